The first kappa shape index (κ1) is 16.7. The van der Waals surface area contributed by atoms with E-state index in [-0.39, 0.29) is 24.7 Å². The van der Waals surface area contributed by atoms with E-state index in [1.54, 1.807) is 12.3 Å². The van der Waals surface area contributed by atoms with Gasteiger partial charge in [0, 0.05) is 37.1 Å². The van der Waals surface area contributed by atoms with Crippen LogP contribution in [0, 0.1) is 0 Å². The molecule has 1 aliphatic heterocycles. The van der Waals surface area contributed by atoms with Gasteiger partial charge in [0.1, 0.15) is 17.3 Å². The molecule has 0 N–H and O–H groups in total. The molecule has 26 heavy (non-hydrogen) atoms. The van der Waals surface area contributed by atoms with Crippen LogP contribution < -0.4 is 9.80 Å². The SMILES string of the molecule is O=C1CN(c2ccnc(C3CC3)n2)CCN1c1ccnc(C(F)(F)F)c1. The average molecular weight is 363 g/mol. The number of carbonyl (C=O) groups is 1. The van der Waals surface area contributed by atoms with Gasteiger partial charge < -0.3 is 9.80 Å². The molecule has 0 atom stereocenters. The Morgan fingerprint density at radius 2 is 1.85 bits per heavy atom. The van der Waals surface area contributed by atoms with Gasteiger partial charge in [-0.05, 0) is 31.0 Å². The lowest BCUT2D eigenvalue weighted by molar-refractivity contribution is -0.141. The van der Waals surface area contributed by atoms with Gasteiger partial charge >= 0.3 is 6.18 Å². The van der Waals surface area contributed by atoms with Crippen LogP contribution in [0.5, 0.6) is 0 Å². The van der Waals surface area contributed by atoms with Gasteiger partial charge in [0.15, 0.2) is 0 Å². The summed E-state index contributed by atoms with van der Waals surface area (Å²) in [4.78, 5) is 27.8. The van der Waals surface area contributed by atoms with Crippen molar-refractivity contribution in [1.82, 2.24) is 15.0 Å². The number of hydrogen-bond donors (Lipinski definition) is 0. The summed E-state index contributed by atoms with van der Waals surface area (Å²) in [5.41, 5.74) is -0.798. The van der Waals surface area contributed by atoms with Crippen molar-refractivity contribution in [3.8, 4) is 0 Å². The van der Waals surface area contributed by atoms with Crippen LogP contribution in [0.2, 0.25) is 0 Å². The molecule has 1 aliphatic carbocycles. The first-order valence-corrected chi connectivity index (χ1v) is 8.33. The van der Waals surface area contributed by atoms with Crippen molar-refractivity contribution in [2.45, 2.75) is 24.9 Å². The van der Waals surface area contributed by atoms with E-state index in [4.69, 9.17) is 0 Å². The van der Waals surface area contributed by atoms with Crippen LogP contribution in [0.3, 0.4) is 0 Å². The molecule has 2 aliphatic rings. The van der Waals surface area contributed by atoms with Gasteiger partial charge in [-0.2, -0.15) is 13.2 Å². The molecule has 3 heterocycles. The topological polar surface area (TPSA) is 62.2 Å². The van der Waals surface area contributed by atoms with E-state index in [0.29, 0.717) is 18.3 Å². The second kappa shape index (κ2) is 6.22. The van der Waals surface area contributed by atoms with Crippen LogP contribution in [0.1, 0.15) is 30.3 Å². The Bertz CT molecular complexity index is 837. The van der Waals surface area contributed by atoms with Crippen molar-refractivity contribution in [2.24, 2.45) is 0 Å². The Labute approximate surface area is 147 Å². The minimum absolute atomic E-state index is 0.0603. The maximum atomic E-state index is 12.8. The molecule has 0 bridgehead atoms. The number of anilines is 2. The highest BCUT2D eigenvalue weighted by atomic mass is 19.4. The number of alkyl halides is 3. The van der Waals surface area contributed by atoms with Gasteiger partial charge in [-0.15, -0.1) is 0 Å². The number of pyridine rings is 1. The van der Waals surface area contributed by atoms with Gasteiger partial charge in [-0.25, -0.2) is 9.97 Å². The second-order valence-corrected chi connectivity index (χ2v) is 6.41. The molecule has 4 rings (SSSR count). The summed E-state index contributed by atoms with van der Waals surface area (Å²) in [6.07, 6.45) is 0.385. The Morgan fingerprint density at radius 1 is 1.08 bits per heavy atom. The quantitative estimate of drug-likeness (QED) is 0.839. The number of hydrogen-bond acceptors (Lipinski definition) is 5. The smallest absolute Gasteiger partial charge is 0.345 e. The lowest BCUT2D eigenvalue weighted by atomic mass is 10.2. The van der Waals surface area contributed by atoms with E-state index >= 15 is 0 Å². The minimum Gasteiger partial charge on any atom is -0.345 e. The van der Waals surface area contributed by atoms with Crippen LogP contribution >= 0.6 is 0 Å². The monoisotopic (exact) mass is 363 g/mol. The molecule has 1 saturated carbocycles. The third-order valence-corrected chi connectivity index (χ3v) is 4.49. The van der Waals surface area contributed by atoms with E-state index in [1.807, 2.05) is 4.90 Å². The summed E-state index contributed by atoms with van der Waals surface area (Å²) in [5, 5.41) is 0. The van der Waals surface area contributed by atoms with Crippen LogP contribution in [0.4, 0.5) is 24.7 Å². The van der Waals surface area contributed by atoms with E-state index in [9.17, 15) is 18.0 Å². The summed E-state index contributed by atoms with van der Waals surface area (Å²) in [5.74, 6) is 1.61. The highest BCUT2D eigenvalue weighted by Gasteiger charge is 2.34. The standard InChI is InChI=1S/C17H16F3N5O/c18-17(19,20)13-9-12(3-5-21-13)25-8-7-24(10-15(25)26)14-4-6-22-16(23-14)11-1-2-11/h3-6,9,11H,1-2,7-8,10H2. The number of aromatic nitrogens is 3. The first-order valence-electron chi connectivity index (χ1n) is 8.33. The minimum atomic E-state index is -4.54. The predicted molar refractivity (Wildman–Crippen MR) is 87.8 cm³/mol. The molecule has 0 spiro atoms. The Balaban J connectivity index is 1.50. The van der Waals surface area contributed by atoms with Crippen LogP contribution in [-0.4, -0.2) is 40.5 Å². The zero-order valence-corrected chi connectivity index (χ0v) is 13.8. The third-order valence-electron chi connectivity index (χ3n) is 4.49. The molecular weight excluding hydrogens is 347 g/mol. The van der Waals surface area contributed by atoms with Crippen LogP contribution in [-0.2, 0) is 11.0 Å². The third kappa shape index (κ3) is 3.33. The van der Waals surface area contributed by atoms with Crippen LogP contribution in [0.25, 0.3) is 0 Å². The Kier molecular flexibility index (Phi) is 4.01. The maximum absolute atomic E-state index is 12.8. The molecule has 1 amide bonds. The summed E-state index contributed by atoms with van der Waals surface area (Å²) >= 11 is 0. The Morgan fingerprint density at radius 3 is 2.54 bits per heavy atom. The summed E-state index contributed by atoms with van der Waals surface area (Å²) in [7, 11) is 0. The Hall–Kier alpha value is -2.71. The molecule has 0 aromatic carbocycles. The molecule has 1 saturated heterocycles. The first-order chi connectivity index (χ1) is 12.4. The van der Waals surface area contributed by atoms with E-state index in [2.05, 4.69) is 15.0 Å². The fourth-order valence-corrected chi connectivity index (χ4v) is 2.96. The predicted octanol–water partition coefficient (Wildman–Crippen LogP) is 2.62. The van der Waals surface area contributed by atoms with Crippen molar-refractivity contribution in [3.63, 3.8) is 0 Å². The van der Waals surface area contributed by atoms with E-state index < -0.39 is 11.9 Å². The highest BCUT2D eigenvalue weighted by Crippen LogP contribution is 2.38. The second-order valence-electron chi connectivity index (χ2n) is 6.41. The molecule has 136 valence electrons. The van der Waals surface area contributed by atoms with Gasteiger partial charge in [0.2, 0.25) is 5.91 Å². The van der Waals surface area contributed by atoms with Crippen molar-refractivity contribution in [3.05, 3.63) is 42.1 Å². The van der Waals surface area contributed by atoms with Crippen molar-refractivity contribution >= 4 is 17.4 Å². The molecule has 2 fully saturated rings. The van der Waals surface area contributed by atoms with Crippen LogP contribution in [0.15, 0.2) is 30.6 Å². The molecule has 0 radical (unpaired) electrons. The lowest BCUT2D eigenvalue weighted by Crippen LogP contribution is -2.51. The number of nitrogens with zero attached hydrogens (tertiary/aromatic N) is 5. The van der Waals surface area contributed by atoms with Gasteiger partial charge in [-0.3, -0.25) is 9.78 Å². The molecule has 0 unspecified atom stereocenters. The lowest BCUT2D eigenvalue weighted by Gasteiger charge is -2.35. The van der Waals surface area contributed by atoms with Gasteiger partial charge in [0.25, 0.3) is 0 Å². The summed E-state index contributed by atoms with van der Waals surface area (Å²) in [6, 6.07) is 4.07. The van der Waals surface area contributed by atoms with Crippen molar-refractivity contribution in [1.29, 1.82) is 0 Å². The number of rotatable bonds is 3. The van der Waals surface area contributed by atoms with E-state index in [0.717, 1.165) is 30.9 Å². The number of carbonyl (C=O) groups excluding carboxylic acids is 1. The van der Waals surface area contributed by atoms with E-state index in [1.165, 1.54) is 11.0 Å². The average Bonchev–Trinajstić information content (AvgIpc) is 3.46. The fourth-order valence-electron chi connectivity index (χ4n) is 2.96. The largest absolute Gasteiger partial charge is 0.433 e. The van der Waals surface area contributed by atoms with Crippen molar-refractivity contribution < 1.29 is 18.0 Å². The molecule has 6 nitrogen and oxygen atoms in total. The number of amides is 1. The molecule has 9 heteroatoms. The maximum Gasteiger partial charge on any atom is 0.433 e. The summed E-state index contributed by atoms with van der Waals surface area (Å²) < 4.78 is 38.5. The molecule has 2 aromatic heterocycles. The normalized spacial score (nSPS) is 18.3. The molecule has 2 aromatic rings. The number of halogens is 3. The van der Waals surface area contributed by atoms with Gasteiger partial charge in [-0.1, -0.05) is 0 Å². The zero-order chi connectivity index (χ0) is 18.3. The van der Waals surface area contributed by atoms with Crippen molar-refractivity contribution in [2.75, 3.05) is 29.4 Å². The van der Waals surface area contributed by atoms with Gasteiger partial charge in [0.05, 0.1) is 6.54 Å². The number of piperazine rings is 1. The summed E-state index contributed by atoms with van der Waals surface area (Å²) in [6.45, 7) is 0.824. The molecular formula is C17H16F3N5O. The fraction of sp³-hybridized carbons (Fsp3) is 0.412. The zero-order valence-electron chi connectivity index (χ0n) is 13.8. The highest BCUT2D eigenvalue weighted by molar-refractivity contribution is 5.97.